The monoisotopic (exact) mass is 526 g/mol. The molecule has 0 saturated carbocycles. The molecule has 0 spiro atoms. The average molecular weight is 527 g/mol. The third-order valence-electron chi connectivity index (χ3n) is 7.08. The second-order valence-electron chi connectivity index (χ2n) is 14.9. The van der Waals surface area contributed by atoms with Crippen molar-refractivity contribution in [1.82, 2.24) is 0 Å². The van der Waals surface area contributed by atoms with E-state index in [-0.39, 0.29) is 21.7 Å². The van der Waals surface area contributed by atoms with E-state index in [1.165, 1.54) is 11.1 Å². The van der Waals surface area contributed by atoms with Crippen molar-refractivity contribution in [3.05, 3.63) is 57.6 Å². The Morgan fingerprint density at radius 2 is 0.730 bits per heavy atom. The van der Waals surface area contributed by atoms with Crippen LogP contribution in [-0.4, -0.2) is 21.7 Å². The van der Waals surface area contributed by atoms with Gasteiger partial charge in [-0.3, -0.25) is 0 Å². The molecule has 0 unspecified atom stereocenters. The van der Waals surface area contributed by atoms with Crippen molar-refractivity contribution in [2.75, 3.05) is 11.5 Å². The van der Waals surface area contributed by atoms with E-state index in [0.29, 0.717) is 11.5 Å². The average Bonchev–Trinajstić information content (AvgIpc) is 2.71. The van der Waals surface area contributed by atoms with Crippen LogP contribution in [0.25, 0.3) is 0 Å². The smallest absolute Gasteiger partial charge is 0.123 e. The zero-order valence-electron chi connectivity index (χ0n) is 25.9. The van der Waals surface area contributed by atoms with Gasteiger partial charge in [0.1, 0.15) is 11.5 Å². The quantitative estimate of drug-likeness (QED) is 0.336. The number of rotatable bonds is 8. The number of phenolic OH excluding ortho intramolecular Hbond substituents is 2. The van der Waals surface area contributed by atoms with E-state index in [0.717, 1.165) is 59.4 Å². The molecule has 2 N–H and O–H groups in total. The standard InChI is InChI=1S/C34H54O2S/c1-31(2,3)25-19-23(20-26(29(25)35)32(4,5)6)15-13-17-37-18-14-16-24-21-27(33(7,8)9)30(36)28(22-24)34(10,11)12/h19-22,35-36H,13-18H2,1-12H3. The van der Waals surface area contributed by atoms with Crippen LogP contribution in [-0.2, 0) is 34.5 Å². The van der Waals surface area contributed by atoms with Gasteiger partial charge in [-0.05, 0) is 92.2 Å². The van der Waals surface area contributed by atoms with Gasteiger partial charge in [-0.2, -0.15) is 11.8 Å². The third-order valence-corrected chi connectivity index (χ3v) is 8.23. The second-order valence-corrected chi connectivity index (χ2v) is 16.1. The summed E-state index contributed by atoms with van der Waals surface area (Å²) >= 11 is 2.04. The summed E-state index contributed by atoms with van der Waals surface area (Å²) in [4.78, 5) is 0. The molecule has 2 aromatic carbocycles. The van der Waals surface area contributed by atoms with E-state index < -0.39 is 0 Å². The highest BCUT2D eigenvalue weighted by molar-refractivity contribution is 7.99. The topological polar surface area (TPSA) is 40.5 Å². The number of hydrogen-bond donors (Lipinski definition) is 2. The number of hydrogen-bond acceptors (Lipinski definition) is 3. The molecule has 0 aliphatic heterocycles. The van der Waals surface area contributed by atoms with Crippen LogP contribution in [0.4, 0.5) is 0 Å². The molecule has 3 heteroatoms. The molecule has 0 aliphatic carbocycles. The lowest BCUT2D eigenvalue weighted by Crippen LogP contribution is -2.18. The van der Waals surface area contributed by atoms with Crippen LogP contribution in [0, 0.1) is 0 Å². The molecule has 0 saturated heterocycles. The molecule has 208 valence electrons. The Hall–Kier alpha value is -1.61. The lowest BCUT2D eigenvalue weighted by atomic mass is 9.78. The van der Waals surface area contributed by atoms with E-state index in [1.807, 2.05) is 11.8 Å². The number of aryl methyl sites for hydroxylation is 2. The normalized spacial score (nSPS) is 13.3. The molecule has 0 amide bonds. The maximum atomic E-state index is 11.0. The lowest BCUT2D eigenvalue weighted by molar-refractivity contribution is 0.421. The molecule has 37 heavy (non-hydrogen) atoms. The van der Waals surface area contributed by atoms with Gasteiger partial charge in [0.25, 0.3) is 0 Å². The highest BCUT2D eigenvalue weighted by atomic mass is 32.2. The molecule has 0 fully saturated rings. The van der Waals surface area contributed by atoms with Crippen molar-refractivity contribution in [3.8, 4) is 11.5 Å². The summed E-state index contributed by atoms with van der Waals surface area (Å²) in [5, 5.41) is 21.9. The molecule has 2 aromatic rings. The molecular formula is C34H54O2S. The van der Waals surface area contributed by atoms with Crippen LogP contribution >= 0.6 is 11.8 Å². The molecule has 0 bridgehead atoms. The Kier molecular flexibility index (Phi) is 9.94. The van der Waals surface area contributed by atoms with Gasteiger partial charge >= 0.3 is 0 Å². The first-order valence-corrected chi connectivity index (χ1v) is 15.2. The summed E-state index contributed by atoms with van der Waals surface area (Å²) in [6, 6.07) is 8.89. The van der Waals surface area contributed by atoms with Gasteiger partial charge in [0.05, 0.1) is 0 Å². The molecule has 0 aliphatic rings. The Morgan fingerprint density at radius 3 is 0.946 bits per heavy atom. The van der Waals surface area contributed by atoms with Crippen LogP contribution in [0.3, 0.4) is 0 Å². The van der Waals surface area contributed by atoms with Crippen molar-refractivity contribution < 1.29 is 10.2 Å². The first-order valence-electron chi connectivity index (χ1n) is 14.0. The van der Waals surface area contributed by atoms with Crippen LogP contribution in [0.5, 0.6) is 11.5 Å². The maximum absolute atomic E-state index is 11.0. The lowest BCUT2D eigenvalue weighted by Gasteiger charge is -2.28. The molecule has 0 atom stereocenters. The zero-order chi connectivity index (χ0) is 28.4. The van der Waals surface area contributed by atoms with Gasteiger partial charge in [-0.1, -0.05) is 107 Å². The van der Waals surface area contributed by atoms with E-state index in [2.05, 4.69) is 107 Å². The molecular weight excluding hydrogens is 472 g/mol. The summed E-state index contributed by atoms with van der Waals surface area (Å²) in [6.07, 6.45) is 4.37. The summed E-state index contributed by atoms with van der Waals surface area (Å²) in [5.74, 6) is 3.23. The van der Waals surface area contributed by atoms with E-state index in [9.17, 15) is 10.2 Å². The Balaban J connectivity index is 1.98. The second kappa shape index (κ2) is 11.6. The fourth-order valence-corrected chi connectivity index (χ4v) is 5.72. The van der Waals surface area contributed by atoms with Crippen molar-refractivity contribution in [1.29, 1.82) is 0 Å². The Labute approximate surface area is 232 Å². The SMILES string of the molecule is CC(C)(C)c1cc(CCCSCCCc2cc(C(C)(C)C)c(O)c(C(C)(C)C)c2)cc(C(C)(C)C)c1O. The first-order chi connectivity index (χ1) is 16.7. The summed E-state index contributed by atoms with van der Waals surface area (Å²) in [7, 11) is 0. The summed E-state index contributed by atoms with van der Waals surface area (Å²) in [5.41, 5.74) is 6.57. The highest BCUT2D eigenvalue weighted by Crippen LogP contribution is 2.41. The van der Waals surface area contributed by atoms with E-state index in [4.69, 9.17) is 0 Å². The largest absolute Gasteiger partial charge is 0.507 e. The molecule has 0 radical (unpaired) electrons. The minimum Gasteiger partial charge on any atom is -0.507 e. The van der Waals surface area contributed by atoms with Gasteiger partial charge in [0.2, 0.25) is 0 Å². The third kappa shape index (κ3) is 8.70. The molecule has 0 heterocycles. The van der Waals surface area contributed by atoms with Gasteiger partial charge in [-0.15, -0.1) is 0 Å². The van der Waals surface area contributed by atoms with Crippen molar-refractivity contribution in [2.24, 2.45) is 0 Å². The Bertz CT molecular complexity index is 898. The maximum Gasteiger partial charge on any atom is 0.123 e. The minimum absolute atomic E-state index is 0.0806. The number of thioether (sulfide) groups is 1. The van der Waals surface area contributed by atoms with Crippen molar-refractivity contribution >= 4 is 11.8 Å². The molecule has 2 rings (SSSR count). The number of benzene rings is 2. The fraction of sp³-hybridized carbons (Fsp3) is 0.647. The fourth-order valence-electron chi connectivity index (χ4n) is 4.82. The predicted octanol–water partition coefficient (Wildman–Crippen LogP) is 9.59. The summed E-state index contributed by atoms with van der Waals surface area (Å²) < 4.78 is 0. The van der Waals surface area contributed by atoms with Crippen molar-refractivity contribution in [2.45, 2.75) is 130 Å². The highest BCUT2D eigenvalue weighted by Gasteiger charge is 2.27. The van der Waals surface area contributed by atoms with Crippen molar-refractivity contribution in [3.63, 3.8) is 0 Å². The van der Waals surface area contributed by atoms with E-state index >= 15 is 0 Å². The van der Waals surface area contributed by atoms with Crippen LogP contribution in [0.1, 0.15) is 129 Å². The van der Waals surface area contributed by atoms with Gasteiger partial charge in [0.15, 0.2) is 0 Å². The summed E-state index contributed by atoms with van der Waals surface area (Å²) in [6.45, 7) is 26.1. The van der Waals surface area contributed by atoms with Gasteiger partial charge in [-0.25, -0.2) is 0 Å². The predicted molar refractivity (Wildman–Crippen MR) is 165 cm³/mol. The number of aromatic hydroxyl groups is 2. The van der Waals surface area contributed by atoms with Gasteiger partial charge in [0, 0.05) is 0 Å². The Morgan fingerprint density at radius 1 is 0.486 bits per heavy atom. The zero-order valence-corrected chi connectivity index (χ0v) is 26.7. The minimum atomic E-state index is -0.0806. The van der Waals surface area contributed by atoms with Crippen LogP contribution < -0.4 is 0 Å². The van der Waals surface area contributed by atoms with Gasteiger partial charge < -0.3 is 10.2 Å². The molecule has 2 nitrogen and oxygen atoms in total. The first kappa shape index (κ1) is 31.6. The van der Waals surface area contributed by atoms with Crippen LogP contribution in [0.15, 0.2) is 24.3 Å². The van der Waals surface area contributed by atoms with Crippen LogP contribution in [0.2, 0.25) is 0 Å². The number of phenols is 2. The van der Waals surface area contributed by atoms with E-state index in [1.54, 1.807) is 0 Å². The molecule has 0 aromatic heterocycles.